The Morgan fingerprint density at radius 3 is 2.29 bits per heavy atom. The van der Waals surface area contributed by atoms with Gasteiger partial charge in [0.05, 0.1) is 23.5 Å². The third kappa shape index (κ3) is 5.22. The Balaban J connectivity index is 1.79. The van der Waals surface area contributed by atoms with Crippen LogP contribution in [0.4, 0.5) is 22.0 Å². The SMILES string of the molecule is CC(C)(C)n1ncc(C(NS(=O)(=O)c2ccc(C(F)(F)F)nc2)C2CC2)c1-c1cc(F)ccc1F. The number of nitrogens with zero attached hydrogens (tertiary/aromatic N) is 3. The largest absolute Gasteiger partial charge is 0.433 e. The molecule has 1 saturated carbocycles. The summed E-state index contributed by atoms with van der Waals surface area (Å²) >= 11 is 0. The monoisotopic (exact) mass is 514 g/mol. The van der Waals surface area contributed by atoms with E-state index in [1.54, 1.807) is 0 Å². The maximum atomic E-state index is 14.9. The van der Waals surface area contributed by atoms with Crippen molar-refractivity contribution in [3.63, 3.8) is 0 Å². The second-order valence-electron chi connectivity index (χ2n) is 9.47. The molecule has 0 amide bonds. The fraction of sp³-hybridized carbons (Fsp3) is 0.391. The van der Waals surface area contributed by atoms with E-state index in [2.05, 4.69) is 14.8 Å². The van der Waals surface area contributed by atoms with Gasteiger partial charge >= 0.3 is 6.18 Å². The van der Waals surface area contributed by atoms with Crippen molar-refractivity contribution >= 4 is 10.0 Å². The number of aromatic nitrogens is 3. The number of sulfonamides is 1. The van der Waals surface area contributed by atoms with Gasteiger partial charge in [-0.05, 0) is 69.9 Å². The molecule has 0 bridgehead atoms. The van der Waals surface area contributed by atoms with Gasteiger partial charge in [-0.1, -0.05) is 0 Å². The molecule has 6 nitrogen and oxygen atoms in total. The molecular formula is C23H23F5N4O2S. The molecule has 0 spiro atoms. The van der Waals surface area contributed by atoms with Crippen LogP contribution in [0.15, 0.2) is 47.6 Å². The van der Waals surface area contributed by atoms with E-state index >= 15 is 0 Å². The first kappa shape index (κ1) is 25.2. The van der Waals surface area contributed by atoms with E-state index in [-0.39, 0.29) is 17.2 Å². The van der Waals surface area contributed by atoms with Crippen LogP contribution in [0.3, 0.4) is 0 Å². The first-order valence-electron chi connectivity index (χ1n) is 10.8. The van der Waals surface area contributed by atoms with Crippen LogP contribution in [0.1, 0.15) is 50.9 Å². The molecule has 0 saturated heterocycles. The molecule has 1 unspecified atom stereocenters. The predicted octanol–water partition coefficient (Wildman–Crippen LogP) is 5.43. The summed E-state index contributed by atoms with van der Waals surface area (Å²) < 4.78 is 97.7. The number of hydrogen-bond donors (Lipinski definition) is 1. The highest BCUT2D eigenvalue weighted by atomic mass is 32.2. The van der Waals surface area contributed by atoms with Gasteiger partial charge in [0.2, 0.25) is 10.0 Å². The standard InChI is InChI=1S/C23H23F5N4O2S/c1-22(2,3)32-21(16-10-14(24)6-8-18(16)25)17(12-30-32)20(13-4-5-13)31-35(33,34)15-7-9-19(29-11-15)23(26,27)28/h6-13,20,31H,4-5H2,1-3H3. The van der Waals surface area contributed by atoms with Crippen molar-refractivity contribution < 1.29 is 30.4 Å². The highest BCUT2D eigenvalue weighted by molar-refractivity contribution is 7.89. The zero-order chi connectivity index (χ0) is 25.8. The van der Waals surface area contributed by atoms with Gasteiger partial charge < -0.3 is 0 Å². The van der Waals surface area contributed by atoms with Crippen molar-refractivity contribution in [3.8, 4) is 11.3 Å². The molecule has 188 valence electrons. The molecule has 1 aliphatic rings. The summed E-state index contributed by atoms with van der Waals surface area (Å²) in [6, 6.07) is 3.54. The number of hydrogen-bond acceptors (Lipinski definition) is 4. The van der Waals surface area contributed by atoms with Gasteiger partial charge in [0.25, 0.3) is 0 Å². The molecule has 1 fully saturated rings. The molecule has 1 aromatic carbocycles. The number of pyridine rings is 1. The van der Waals surface area contributed by atoms with Crippen molar-refractivity contribution in [3.05, 3.63) is 65.6 Å². The quantitative estimate of drug-likeness (QED) is 0.446. The Kier molecular flexibility index (Phi) is 6.25. The maximum Gasteiger partial charge on any atom is 0.433 e. The van der Waals surface area contributed by atoms with Gasteiger partial charge in [0.1, 0.15) is 22.2 Å². The minimum Gasteiger partial charge on any atom is -0.259 e. The Morgan fingerprint density at radius 2 is 1.74 bits per heavy atom. The van der Waals surface area contributed by atoms with Crippen molar-refractivity contribution in [2.24, 2.45) is 5.92 Å². The van der Waals surface area contributed by atoms with E-state index in [9.17, 15) is 30.4 Å². The summed E-state index contributed by atoms with van der Waals surface area (Å²) in [6.07, 6.45) is -1.31. The number of nitrogens with one attached hydrogen (secondary N) is 1. The average molecular weight is 515 g/mol. The van der Waals surface area contributed by atoms with Crippen molar-refractivity contribution in [1.29, 1.82) is 0 Å². The zero-order valence-corrected chi connectivity index (χ0v) is 19.9. The highest BCUT2D eigenvalue weighted by Gasteiger charge is 2.40. The fourth-order valence-electron chi connectivity index (χ4n) is 3.83. The molecular weight excluding hydrogens is 491 g/mol. The smallest absolute Gasteiger partial charge is 0.259 e. The average Bonchev–Trinajstić information content (AvgIpc) is 3.50. The molecule has 2 heterocycles. The van der Waals surface area contributed by atoms with Crippen LogP contribution in [-0.2, 0) is 21.7 Å². The van der Waals surface area contributed by atoms with Crippen LogP contribution < -0.4 is 4.72 Å². The topological polar surface area (TPSA) is 76.9 Å². The molecule has 0 radical (unpaired) electrons. The van der Waals surface area contributed by atoms with E-state index in [0.29, 0.717) is 30.7 Å². The van der Waals surface area contributed by atoms with Crippen molar-refractivity contribution in [1.82, 2.24) is 19.5 Å². The summed E-state index contributed by atoms with van der Waals surface area (Å²) in [4.78, 5) is 2.78. The minimum atomic E-state index is -4.71. The predicted molar refractivity (Wildman–Crippen MR) is 118 cm³/mol. The van der Waals surface area contributed by atoms with Gasteiger partial charge in [-0.2, -0.15) is 18.3 Å². The molecule has 0 aliphatic heterocycles. The van der Waals surface area contributed by atoms with Crippen molar-refractivity contribution in [2.75, 3.05) is 0 Å². The minimum absolute atomic E-state index is 0.0755. The molecule has 1 N–H and O–H groups in total. The normalized spacial score (nSPS) is 15.9. The van der Waals surface area contributed by atoms with Gasteiger partial charge in [0.15, 0.2) is 0 Å². The summed E-state index contributed by atoms with van der Waals surface area (Å²) in [7, 11) is -4.30. The van der Waals surface area contributed by atoms with E-state index in [1.807, 2.05) is 20.8 Å². The second kappa shape index (κ2) is 8.66. The third-order valence-corrected chi connectivity index (χ3v) is 7.09. The van der Waals surface area contributed by atoms with E-state index < -0.39 is 50.0 Å². The first-order chi connectivity index (χ1) is 16.2. The Labute approximate surface area is 199 Å². The lowest BCUT2D eigenvalue weighted by atomic mass is 9.97. The summed E-state index contributed by atoms with van der Waals surface area (Å²) in [5, 5.41) is 4.36. The molecule has 1 atom stereocenters. The summed E-state index contributed by atoms with van der Waals surface area (Å²) in [5.41, 5.74) is -1.38. The number of benzene rings is 1. The van der Waals surface area contributed by atoms with Crippen LogP contribution in [-0.4, -0.2) is 23.2 Å². The number of alkyl halides is 3. The Morgan fingerprint density at radius 1 is 1.06 bits per heavy atom. The van der Waals surface area contributed by atoms with Gasteiger partial charge in [-0.3, -0.25) is 9.67 Å². The first-order valence-corrected chi connectivity index (χ1v) is 12.3. The summed E-state index contributed by atoms with van der Waals surface area (Å²) in [6.45, 7) is 5.44. The number of rotatable bonds is 6. The molecule has 4 rings (SSSR count). The van der Waals surface area contributed by atoms with Crippen LogP contribution in [0.2, 0.25) is 0 Å². The van der Waals surface area contributed by atoms with Gasteiger partial charge in [-0.15, -0.1) is 0 Å². The Bertz CT molecular complexity index is 1340. The lowest BCUT2D eigenvalue weighted by Gasteiger charge is -2.25. The molecule has 1 aliphatic carbocycles. The highest BCUT2D eigenvalue weighted by Crippen LogP contribution is 2.45. The molecule has 12 heteroatoms. The molecule has 2 aromatic heterocycles. The fourth-order valence-corrected chi connectivity index (χ4v) is 5.06. The maximum absolute atomic E-state index is 14.9. The van der Waals surface area contributed by atoms with Crippen molar-refractivity contribution in [2.45, 2.75) is 56.3 Å². The van der Waals surface area contributed by atoms with Crippen LogP contribution in [0.25, 0.3) is 11.3 Å². The van der Waals surface area contributed by atoms with Gasteiger partial charge in [-0.25, -0.2) is 21.9 Å². The van der Waals surface area contributed by atoms with Crippen LogP contribution >= 0.6 is 0 Å². The van der Waals surface area contributed by atoms with Crippen LogP contribution in [0, 0.1) is 17.6 Å². The lowest BCUT2D eigenvalue weighted by Crippen LogP contribution is -2.31. The van der Waals surface area contributed by atoms with Gasteiger partial charge in [0, 0.05) is 17.3 Å². The second-order valence-corrected chi connectivity index (χ2v) is 11.2. The van der Waals surface area contributed by atoms with E-state index in [1.165, 1.54) is 10.9 Å². The molecule has 35 heavy (non-hydrogen) atoms. The zero-order valence-electron chi connectivity index (χ0n) is 19.1. The van der Waals surface area contributed by atoms with E-state index in [4.69, 9.17) is 0 Å². The van der Waals surface area contributed by atoms with E-state index in [0.717, 1.165) is 24.3 Å². The summed E-state index contributed by atoms with van der Waals surface area (Å²) in [5.74, 6) is -1.53. The number of halogens is 5. The third-order valence-electron chi connectivity index (χ3n) is 5.66. The molecule has 3 aromatic rings. The Hall–Kier alpha value is -2.86. The van der Waals surface area contributed by atoms with Crippen LogP contribution in [0.5, 0.6) is 0 Å². The lowest BCUT2D eigenvalue weighted by molar-refractivity contribution is -0.141.